The van der Waals surface area contributed by atoms with Crippen molar-refractivity contribution in [1.82, 2.24) is 5.01 Å². The molecule has 2 aliphatic rings. The van der Waals surface area contributed by atoms with Gasteiger partial charge in [0.15, 0.2) is 0 Å². The maximum Gasteiger partial charge on any atom is 0.103 e. The Morgan fingerprint density at radius 1 is 1.23 bits per heavy atom. The lowest BCUT2D eigenvalue weighted by molar-refractivity contribution is 0.194. The average molecular weight is 345 g/mol. The predicted molar refractivity (Wildman–Crippen MR) is 113 cm³/mol. The molecule has 0 saturated heterocycles. The minimum atomic E-state index is -0.103. The van der Waals surface area contributed by atoms with Gasteiger partial charge in [0.05, 0.1) is 0 Å². The lowest BCUT2D eigenvalue weighted by Gasteiger charge is -2.47. The van der Waals surface area contributed by atoms with E-state index in [1.807, 2.05) is 36.6 Å². The van der Waals surface area contributed by atoms with Crippen molar-refractivity contribution in [2.24, 2.45) is 5.84 Å². The molecule has 1 aromatic rings. The summed E-state index contributed by atoms with van der Waals surface area (Å²) >= 11 is 0. The summed E-state index contributed by atoms with van der Waals surface area (Å²) in [6.07, 6.45) is 22.1. The molecule has 2 nitrogen and oxygen atoms in total. The van der Waals surface area contributed by atoms with Crippen molar-refractivity contribution in [1.29, 1.82) is 0 Å². The van der Waals surface area contributed by atoms with Crippen LogP contribution in [0.2, 0.25) is 0 Å². The molecule has 0 aromatic heterocycles. The summed E-state index contributed by atoms with van der Waals surface area (Å²) in [5.41, 5.74) is 3.71. The van der Waals surface area contributed by atoms with Crippen LogP contribution in [0, 0.1) is 0 Å². The molecule has 0 fully saturated rings. The lowest BCUT2D eigenvalue weighted by Crippen LogP contribution is -2.56. The molecule has 1 atom stereocenters. The van der Waals surface area contributed by atoms with Crippen molar-refractivity contribution in [2.75, 3.05) is 0 Å². The molecule has 1 aliphatic carbocycles. The first-order chi connectivity index (χ1) is 12.6. The van der Waals surface area contributed by atoms with Gasteiger partial charge in [-0.1, -0.05) is 104 Å². The van der Waals surface area contributed by atoms with Crippen LogP contribution in [0.3, 0.4) is 0 Å². The lowest BCUT2D eigenvalue weighted by atomic mass is 9.78. The quantitative estimate of drug-likeness (QED) is 0.571. The van der Waals surface area contributed by atoms with Gasteiger partial charge in [-0.15, -0.1) is 0 Å². The molecule has 0 radical (unpaired) electrons. The molecular formula is C24H28N2. The molecule has 0 saturated carbocycles. The van der Waals surface area contributed by atoms with E-state index in [2.05, 4.69) is 68.7 Å². The van der Waals surface area contributed by atoms with Crippen molar-refractivity contribution >= 4 is 0 Å². The van der Waals surface area contributed by atoms with Gasteiger partial charge >= 0.3 is 0 Å². The fourth-order valence-electron chi connectivity index (χ4n) is 2.81. The van der Waals surface area contributed by atoms with Crippen molar-refractivity contribution in [3.05, 3.63) is 121 Å². The summed E-state index contributed by atoms with van der Waals surface area (Å²) < 4.78 is 0. The zero-order chi connectivity index (χ0) is 18.8. The molecule has 2 heteroatoms. The number of allylic oxidation sites excluding steroid dienone is 7. The summed E-state index contributed by atoms with van der Waals surface area (Å²) in [4.78, 5) is 0. The second kappa shape index (κ2) is 9.59. The monoisotopic (exact) mass is 344 g/mol. The number of hydrazine groups is 1. The van der Waals surface area contributed by atoms with Gasteiger partial charge in [-0.05, 0) is 25.3 Å². The van der Waals surface area contributed by atoms with Crippen LogP contribution in [0.25, 0.3) is 0 Å². The molecule has 1 heterocycles. The highest BCUT2D eigenvalue weighted by atomic mass is 15.5. The maximum atomic E-state index is 5.86. The molecule has 1 spiro atoms. The van der Waals surface area contributed by atoms with E-state index in [-0.39, 0.29) is 5.54 Å². The van der Waals surface area contributed by atoms with Crippen LogP contribution in [-0.4, -0.2) is 10.5 Å². The molecule has 1 aromatic carbocycles. The molecule has 134 valence electrons. The van der Waals surface area contributed by atoms with Gasteiger partial charge in [0.25, 0.3) is 0 Å². The van der Waals surface area contributed by atoms with Crippen LogP contribution in [-0.2, 0) is 6.42 Å². The number of hydrogen-bond donors (Lipinski definition) is 1. The SMILES string of the molecule is C=C/C(C)=C\Cc1ccccc1.C=C/C=C\C1=CN(N)C12C=CC=CC2. The van der Waals surface area contributed by atoms with E-state index in [1.54, 1.807) is 11.1 Å². The Balaban J connectivity index is 0.000000190. The summed E-state index contributed by atoms with van der Waals surface area (Å²) in [5.74, 6) is 5.86. The minimum Gasteiger partial charge on any atom is -0.303 e. The Morgan fingerprint density at radius 3 is 2.58 bits per heavy atom. The summed E-state index contributed by atoms with van der Waals surface area (Å²) in [6, 6.07) is 10.4. The predicted octanol–water partition coefficient (Wildman–Crippen LogP) is 5.42. The Bertz CT molecular complexity index is 763. The van der Waals surface area contributed by atoms with Gasteiger partial charge < -0.3 is 5.01 Å². The smallest absolute Gasteiger partial charge is 0.103 e. The number of hydrogen-bond acceptors (Lipinski definition) is 2. The Kier molecular flexibility index (Phi) is 7.19. The van der Waals surface area contributed by atoms with Crippen molar-refractivity contribution in [3.63, 3.8) is 0 Å². The summed E-state index contributed by atoms with van der Waals surface area (Å²) in [5, 5.41) is 1.76. The molecular weight excluding hydrogens is 316 g/mol. The Hall–Kier alpha value is -2.84. The number of nitrogens with two attached hydrogens (primary N) is 1. The van der Waals surface area contributed by atoms with Gasteiger partial charge in [0.1, 0.15) is 5.54 Å². The number of rotatable bonds is 5. The Labute approximate surface area is 157 Å². The van der Waals surface area contributed by atoms with Gasteiger partial charge in [-0.25, -0.2) is 5.84 Å². The standard InChI is InChI=1S/C12H14N2.C12H14/c1-2-3-7-11-10-14(13)12(11)8-5-4-6-9-12;1-3-11(2)9-10-12-7-5-4-6-8-12/h2-8,10H,1,9,13H2;3-9H,1,10H2,2H3/b7-3-;11-9-. The third-order valence-corrected chi connectivity index (χ3v) is 4.52. The third kappa shape index (κ3) is 4.84. The molecule has 3 rings (SSSR count). The van der Waals surface area contributed by atoms with E-state index in [0.29, 0.717) is 0 Å². The van der Waals surface area contributed by atoms with E-state index in [0.717, 1.165) is 12.8 Å². The fraction of sp³-hybridized carbons (Fsp3) is 0.167. The molecule has 0 amide bonds. The first-order valence-electron chi connectivity index (χ1n) is 8.85. The minimum absolute atomic E-state index is 0.103. The van der Waals surface area contributed by atoms with Crippen LogP contribution >= 0.6 is 0 Å². The van der Waals surface area contributed by atoms with Crippen molar-refractivity contribution in [3.8, 4) is 0 Å². The zero-order valence-corrected chi connectivity index (χ0v) is 15.5. The van der Waals surface area contributed by atoms with Crippen LogP contribution in [0.15, 0.2) is 116 Å². The fourth-order valence-corrected chi connectivity index (χ4v) is 2.81. The topological polar surface area (TPSA) is 29.3 Å². The first kappa shape index (κ1) is 19.5. The van der Waals surface area contributed by atoms with E-state index in [4.69, 9.17) is 5.84 Å². The normalized spacial score (nSPS) is 21.1. The van der Waals surface area contributed by atoms with Gasteiger partial charge in [-0.2, -0.15) is 0 Å². The third-order valence-electron chi connectivity index (χ3n) is 4.52. The highest BCUT2D eigenvalue weighted by molar-refractivity contribution is 5.47. The molecule has 2 N–H and O–H groups in total. The second-order valence-corrected chi connectivity index (χ2v) is 6.34. The van der Waals surface area contributed by atoms with Gasteiger partial charge in [0.2, 0.25) is 0 Å². The first-order valence-corrected chi connectivity index (χ1v) is 8.85. The molecule has 1 unspecified atom stereocenters. The largest absolute Gasteiger partial charge is 0.303 e. The average Bonchev–Trinajstić information content (AvgIpc) is 2.71. The Morgan fingerprint density at radius 2 is 2.00 bits per heavy atom. The van der Waals surface area contributed by atoms with Crippen molar-refractivity contribution in [2.45, 2.75) is 25.3 Å². The van der Waals surface area contributed by atoms with Crippen LogP contribution in [0.5, 0.6) is 0 Å². The van der Waals surface area contributed by atoms with Crippen LogP contribution in [0.4, 0.5) is 0 Å². The molecule has 0 bridgehead atoms. The number of benzene rings is 1. The highest BCUT2D eigenvalue weighted by Gasteiger charge is 2.41. The van der Waals surface area contributed by atoms with E-state index in [9.17, 15) is 0 Å². The second-order valence-electron chi connectivity index (χ2n) is 6.34. The van der Waals surface area contributed by atoms with Crippen molar-refractivity contribution < 1.29 is 0 Å². The molecule has 1 aliphatic heterocycles. The summed E-state index contributed by atoms with van der Waals surface area (Å²) in [7, 11) is 0. The van der Waals surface area contributed by atoms with Gasteiger partial charge in [-0.3, -0.25) is 0 Å². The maximum absolute atomic E-state index is 5.86. The van der Waals surface area contributed by atoms with Gasteiger partial charge in [0, 0.05) is 11.8 Å². The van der Waals surface area contributed by atoms with E-state index >= 15 is 0 Å². The molecule has 26 heavy (non-hydrogen) atoms. The summed E-state index contributed by atoms with van der Waals surface area (Å²) in [6.45, 7) is 9.42. The highest BCUT2D eigenvalue weighted by Crippen LogP contribution is 2.39. The van der Waals surface area contributed by atoms with E-state index in [1.165, 1.54) is 16.7 Å². The van der Waals surface area contributed by atoms with Crippen LogP contribution in [0.1, 0.15) is 18.9 Å². The zero-order valence-electron chi connectivity index (χ0n) is 15.5. The van der Waals surface area contributed by atoms with E-state index < -0.39 is 0 Å². The van der Waals surface area contributed by atoms with Crippen LogP contribution < -0.4 is 5.84 Å². The number of nitrogens with zero attached hydrogens (tertiary/aromatic N) is 1.